The lowest BCUT2D eigenvalue weighted by molar-refractivity contribution is -0.117. The lowest BCUT2D eigenvalue weighted by Gasteiger charge is -2.12. The summed E-state index contributed by atoms with van der Waals surface area (Å²) in [6.07, 6.45) is 1.51. The SMILES string of the molecule is COc1ccc(CNC(=O)/C(C#N)=C/c2ccc(OCc3ccc(C)cc3)c(OC)c2)c(OC)c1. The highest BCUT2D eigenvalue weighted by Crippen LogP contribution is 2.30. The summed E-state index contributed by atoms with van der Waals surface area (Å²) in [4.78, 5) is 12.7. The average Bonchev–Trinajstić information content (AvgIpc) is 2.90. The molecule has 0 aliphatic carbocycles. The van der Waals surface area contributed by atoms with Crippen LogP contribution in [0.15, 0.2) is 66.2 Å². The normalized spacial score (nSPS) is 10.8. The molecule has 3 aromatic rings. The van der Waals surface area contributed by atoms with E-state index in [0.29, 0.717) is 35.2 Å². The lowest BCUT2D eigenvalue weighted by atomic mass is 10.1. The molecule has 0 saturated carbocycles. The third kappa shape index (κ3) is 6.78. The van der Waals surface area contributed by atoms with Crippen LogP contribution in [0.1, 0.15) is 22.3 Å². The summed E-state index contributed by atoms with van der Waals surface area (Å²) < 4.78 is 21.9. The number of carbonyl (C=O) groups excluding carboxylic acids is 1. The van der Waals surface area contributed by atoms with Gasteiger partial charge in [-0.15, -0.1) is 0 Å². The average molecular weight is 473 g/mol. The van der Waals surface area contributed by atoms with Crippen LogP contribution in [0.5, 0.6) is 23.0 Å². The summed E-state index contributed by atoms with van der Waals surface area (Å²) in [7, 11) is 4.65. The van der Waals surface area contributed by atoms with Crippen molar-refractivity contribution in [3.63, 3.8) is 0 Å². The summed E-state index contributed by atoms with van der Waals surface area (Å²) in [6, 6.07) is 20.6. The molecule has 35 heavy (non-hydrogen) atoms. The largest absolute Gasteiger partial charge is 0.497 e. The standard InChI is InChI=1S/C28H28N2O5/c1-19-5-7-20(8-6-19)18-35-25-12-9-21(14-27(25)34-4)13-23(16-29)28(31)30-17-22-10-11-24(32-2)15-26(22)33-3/h5-15H,17-18H2,1-4H3,(H,30,31)/b23-13+. The molecular weight excluding hydrogens is 444 g/mol. The maximum absolute atomic E-state index is 12.7. The summed E-state index contributed by atoms with van der Waals surface area (Å²) >= 11 is 0. The van der Waals surface area contributed by atoms with Crippen LogP contribution in [0.3, 0.4) is 0 Å². The Labute approximate surface area is 205 Å². The number of methoxy groups -OCH3 is 3. The van der Waals surface area contributed by atoms with Crippen molar-refractivity contribution >= 4 is 12.0 Å². The molecule has 0 unspecified atom stereocenters. The zero-order valence-corrected chi connectivity index (χ0v) is 20.3. The van der Waals surface area contributed by atoms with Gasteiger partial charge in [0.25, 0.3) is 5.91 Å². The first-order valence-corrected chi connectivity index (χ1v) is 10.9. The number of hydrogen-bond donors (Lipinski definition) is 1. The molecule has 0 bridgehead atoms. The molecule has 3 rings (SSSR count). The fourth-order valence-electron chi connectivity index (χ4n) is 3.32. The molecule has 0 aromatic heterocycles. The summed E-state index contributed by atoms with van der Waals surface area (Å²) in [6.45, 7) is 2.62. The molecule has 0 atom stereocenters. The van der Waals surface area contributed by atoms with Gasteiger partial charge in [-0.3, -0.25) is 4.79 Å². The van der Waals surface area contributed by atoms with Crippen LogP contribution in [0.2, 0.25) is 0 Å². The molecule has 1 amide bonds. The van der Waals surface area contributed by atoms with E-state index in [4.69, 9.17) is 18.9 Å². The Morgan fingerprint density at radius 2 is 1.66 bits per heavy atom. The van der Waals surface area contributed by atoms with Gasteiger partial charge in [0.15, 0.2) is 11.5 Å². The van der Waals surface area contributed by atoms with Gasteiger partial charge in [0.2, 0.25) is 0 Å². The number of carbonyl (C=O) groups is 1. The highest BCUT2D eigenvalue weighted by atomic mass is 16.5. The van der Waals surface area contributed by atoms with Crippen LogP contribution in [0.25, 0.3) is 6.08 Å². The van der Waals surface area contributed by atoms with Crippen molar-refractivity contribution < 1.29 is 23.7 Å². The summed E-state index contributed by atoms with van der Waals surface area (Å²) in [5.41, 5.74) is 3.59. The van der Waals surface area contributed by atoms with Crippen LogP contribution in [-0.4, -0.2) is 27.2 Å². The van der Waals surface area contributed by atoms with Crippen LogP contribution in [-0.2, 0) is 17.9 Å². The molecule has 0 aliphatic rings. The fourth-order valence-corrected chi connectivity index (χ4v) is 3.32. The van der Waals surface area contributed by atoms with Gasteiger partial charge >= 0.3 is 0 Å². The molecule has 3 aromatic carbocycles. The fraction of sp³-hybridized carbons (Fsp3) is 0.214. The van der Waals surface area contributed by atoms with E-state index in [1.807, 2.05) is 37.3 Å². The van der Waals surface area contributed by atoms with Crippen LogP contribution in [0.4, 0.5) is 0 Å². The number of rotatable bonds is 10. The van der Waals surface area contributed by atoms with Crippen molar-refractivity contribution in [1.29, 1.82) is 5.26 Å². The van der Waals surface area contributed by atoms with Crippen molar-refractivity contribution in [2.45, 2.75) is 20.1 Å². The predicted molar refractivity (Wildman–Crippen MR) is 133 cm³/mol. The van der Waals surface area contributed by atoms with E-state index < -0.39 is 5.91 Å². The van der Waals surface area contributed by atoms with Gasteiger partial charge in [-0.2, -0.15) is 5.26 Å². The Morgan fingerprint density at radius 1 is 0.914 bits per heavy atom. The molecule has 0 heterocycles. The van der Waals surface area contributed by atoms with Crippen molar-refractivity contribution in [1.82, 2.24) is 5.32 Å². The number of nitriles is 1. The summed E-state index contributed by atoms with van der Waals surface area (Å²) in [5.74, 6) is 1.81. The van der Waals surface area contributed by atoms with E-state index in [1.165, 1.54) is 11.6 Å². The minimum atomic E-state index is -0.496. The van der Waals surface area contributed by atoms with Crippen molar-refractivity contribution in [2.75, 3.05) is 21.3 Å². The topological polar surface area (TPSA) is 89.8 Å². The van der Waals surface area contributed by atoms with Crippen molar-refractivity contribution in [3.05, 3.63) is 88.5 Å². The lowest BCUT2D eigenvalue weighted by Crippen LogP contribution is -2.24. The van der Waals surface area contributed by atoms with Gasteiger partial charge in [0, 0.05) is 18.2 Å². The van der Waals surface area contributed by atoms with E-state index in [9.17, 15) is 10.1 Å². The monoisotopic (exact) mass is 472 g/mol. The van der Waals surface area contributed by atoms with Gasteiger partial charge in [-0.25, -0.2) is 0 Å². The van der Waals surface area contributed by atoms with Crippen LogP contribution >= 0.6 is 0 Å². The molecule has 0 fully saturated rings. The highest BCUT2D eigenvalue weighted by Gasteiger charge is 2.13. The van der Waals surface area contributed by atoms with Crippen molar-refractivity contribution in [2.24, 2.45) is 0 Å². The minimum absolute atomic E-state index is 0.0344. The maximum atomic E-state index is 12.7. The minimum Gasteiger partial charge on any atom is -0.497 e. The number of benzene rings is 3. The van der Waals surface area contributed by atoms with Crippen molar-refractivity contribution in [3.8, 4) is 29.1 Å². The Kier molecular flexibility index (Phi) is 8.74. The number of amides is 1. The Bertz CT molecular complexity index is 1240. The second-order valence-electron chi connectivity index (χ2n) is 7.71. The number of ether oxygens (including phenoxy) is 4. The molecule has 0 radical (unpaired) electrons. The molecule has 7 nitrogen and oxygen atoms in total. The Hall–Kier alpha value is -4.44. The first kappa shape index (κ1) is 25.2. The molecule has 1 N–H and O–H groups in total. The third-order valence-electron chi connectivity index (χ3n) is 5.31. The third-order valence-corrected chi connectivity index (χ3v) is 5.31. The predicted octanol–water partition coefficient (Wildman–Crippen LogP) is 4.82. The molecule has 180 valence electrons. The maximum Gasteiger partial charge on any atom is 0.262 e. The molecule has 7 heteroatoms. The Morgan fingerprint density at radius 3 is 2.31 bits per heavy atom. The van der Waals surface area contributed by atoms with Gasteiger partial charge in [0.1, 0.15) is 29.7 Å². The Balaban J connectivity index is 1.70. The summed E-state index contributed by atoms with van der Waals surface area (Å²) in [5, 5.41) is 12.3. The van der Waals surface area contributed by atoms with E-state index in [-0.39, 0.29) is 12.1 Å². The van der Waals surface area contributed by atoms with E-state index in [0.717, 1.165) is 11.1 Å². The van der Waals surface area contributed by atoms with E-state index in [1.54, 1.807) is 57.7 Å². The molecule has 0 saturated heterocycles. The second kappa shape index (κ2) is 12.1. The first-order valence-electron chi connectivity index (χ1n) is 10.9. The van der Waals surface area contributed by atoms with E-state index >= 15 is 0 Å². The number of aryl methyl sites for hydroxylation is 1. The smallest absolute Gasteiger partial charge is 0.262 e. The molecule has 0 spiro atoms. The number of nitrogens with zero attached hydrogens (tertiary/aromatic N) is 1. The second-order valence-corrected chi connectivity index (χ2v) is 7.71. The molecule has 0 aliphatic heterocycles. The van der Waals surface area contributed by atoms with Gasteiger partial charge < -0.3 is 24.3 Å². The zero-order valence-electron chi connectivity index (χ0n) is 20.3. The van der Waals surface area contributed by atoms with Crippen LogP contribution in [0, 0.1) is 18.3 Å². The van der Waals surface area contributed by atoms with Crippen LogP contribution < -0.4 is 24.3 Å². The number of nitrogens with one attached hydrogen (secondary N) is 1. The highest BCUT2D eigenvalue weighted by molar-refractivity contribution is 6.01. The van der Waals surface area contributed by atoms with Gasteiger partial charge in [-0.1, -0.05) is 35.9 Å². The number of hydrogen-bond acceptors (Lipinski definition) is 6. The zero-order chi connectivity index (χ0) is 25.2. The molecular formula is C28H28N2O5. The van der Waals surface area contributed by atoms with Gasteiger partial charge in [-0.05, 0) is 48.4 Å². The quantitative estimate of drug-likeness (QED) is 0.336. The van der Waals surface area contributed by atoms with E-state index in [2.05, 4.69) is 5.32 Å². The van der Waals surface area contributed by atoms with Gasteiger partial charge in [0.05, 0.1) is 21.3 Å². The first-order chi connectivity index (χ1) is 17.0.